The number of rotatable bonds is 16. The molecule has 0 saturated carbocycles. The average molecular weight is 545 g/mol. The first kappa shape index (κ1) is 32.4. The fourth-order valence-electron chi connectivity index (χ4n) is 2.38. The quantitative estimate of drug-likeness (QED) is 0.214. The third-order valence-corrected chi connectivity index (χ3v) is 5.14. The lowest BCUT2D eigenvalue weighted by Gasteiger charge is -2.33. The second-order valence-corrected chi connectivity index (χ2v) is 10.2. The van der Waals surface area contributed by atoms with Crippen LogP contribution in [-0.4, -0.2) is 91.5 Å². The van der Waals surface area contributed by atoms with Gasteiger partial charge in [0, 0.05) is 25.7 Å². The van der Waals surface area contributed by atoms with Crippen molar-refractivity contribution >= 4 is 69.1 Å². The van der Waals surface area contributed by atoms with Gasteiger partial charge in [0.15, 0.2) is 20.2 Å². The molecule has 0 spiro atoms. The summed E-state index contributed by atoms with van der Waals surface area (Å²) in [5.74, 6) is 0. The molecular formula is C21H36O8S4. The van der Waals surface area contributed by atoms with Crippen LogP contribution in [0.3, 0.4) is 0 Å². The normalized spacial score (nSPS) is 16.5. The van der Waals surface area contributed by atoms with Crippen LogP contribution in [-0.2, 0) is 18.9 Å². The van der Waals surface area contributed by atoms with Gasteiger partial charge in [-0.15, -0.1) is 0 Å². The van der Waals surface area contributed by atoms with E-state index in [1.165, 1.54) is 0 Å². The van der Waals surface area contributed by atoms with Gasteiger partial charge >= 0.3 is 0 Å². The van der Waals surface area contributed by atoms with Crippen LogP contribution in [0.4, 0.5) is 0 Å². The maximum atomic E-state index is 9.57. The molecule has 0 aliphatic carbocycles. The summed E-state index contributed by atoms with van der Waals surface area (Å²) in [7, 11) is 0. The fourth-order valence-corrected chi connectivity index (χ4v) is 3.59. The van der Waals surface area contributed by atoms with E-state index in [0.29, 0.717) is 0 Å². The zero-order valence-electron chi connectivity index (χ0n) is 19.5. The molecule has 8 nitrogen and oxygen atoms in total. The predicted molar refractivity (Wildman–Crippen MR) is 142 cm³/mol. The molecule has 0 bridgehead atoms. The number of aliphatic hydroxyl groups excluding tert-OH is 4. The van der Waals surface area contributed by atoms with Crippen molar-refractivity contribution in [2.45, 2.75) is 77.8 Å². The van der Waals surface area contributed by atoms with Crippen LogP contribution in [0.5, 0.6) is 0 Å². The standard InChI is InChI=1S/C21H36O8S4/c1-13(22)5-17(30)26-9-21(10-27-18(31)6-14(2)23,11-28-19(32)7-15(3)24)12-29-20(33)8-16(4)25/h13-16,22-25H,5-12H2,1-4H3. The van der Waals surface area contributed by atoms with Gasteiger partial charge in [-0.3, -0.25) is 0 Å². The van der Waals surface area contributed by atoms with E-state index < -0.39 is 29.8 Å². The highest BCUT2D eigenvalue weighted by atomic mass is 32.1. The van der Waals surface area contributed by atoms with Crippen molar-refractivity contribution in [3.63, 3.8) is 0 Å². The Bertz CT molecular complexity index is 528. The summed E-state index contributed by atoms with van der Waals surface area (Å²) in [5.41, 5.74) is -0.989. The first-order valence-electron chi connectivity index (χ1n) is 10.6. The molecule has 0 aliphatic heterocycles. The van der Waals surface area contributed by atoms with Crippen LogP contribution >= 0.6 is 48.9 Å². The lowest BCUT2D eigenvalue weighted by Crippen LogP contribution is -2.44. The summed E-state index contributed by atoms with van der Waals surface area (Å²) in [4.78, 5) is 0. The topological polar surface area (TPSA) is 118 Å². The number of ether oxygens (including phenoxy) is 4. The monoisotopic (exact) mass is 544 g/mol. The van der Waals surface area contributed by atoms with E-state index in [-0.39, 0.29) is 72.3 Å². The molecule has 4 unspecified atom stereocenters. The van der Waals surface area contributed by atoms with Crippen molar-refractivity contribution in [2.75, 3.05) is 26.4 Å². The Hall–Kier alpha value is -0.600. The predicted octanol–water partition coefficient (Wildman–Crippen LogP) is 2.43. The summed E-state index contributed by atoms with van der Waals surface area (Å²) < 4.78 is 22.8. The molecule has 0 saturated heterocycles. The Morgan fingerprint density at radius 1 is 0.515 bits per heavy atom. The van der Waals surface area contributed by atoms with Crippen molar-refractivity contribution in [3.8, 4) is 0 Å². The molecule has 192 valence electrons. The van der Waals surface area contributed by atoms with Gasteiger partial charge < -0.3 is 39.4 Å². The summed E-state index contributed by atoms with van der Waals surface area (Å²) in [6.45, 7) is 6.28. The molecule has 0 rings (SSSR count). The van der Waals surface area contributed by atoms with Gasteiger partial charge in [-0.25, -0.2) is 0 Å². The maximum Gasteiger partial charge on any atom is 0.162 e. The van der Waals surface area contributed by atoms with Crippen LogP contribution < -0.4 is 0 Å². The smallest absolute Gasteiger partial charge is 0.162 e. The second-order valence-electron chi connectivity index (χ2n) is 8.36. The second kappa shape index (κ2) is 16.9. The third-order valence-electron chi connectivity index (χ3n) is 4.01. The highest BCUT2D eigenvalue weighted by Crippen LogP contribution is 2.23. The van der Waals surface area contributed by atoms with E-state index in [1.807, 2.05) is 0 Å². The molecule has 4 N–H and O–H groups in total. The molecule has 4 atom stereocenters. The SMILES string of the molecule is CC(O)CC(=S)OCC(COC(=S)CC(C)O)(COC(=S)CC(C)O)COC(=S)CC(C)O. The van der Waals surface area contributed by atoms with Gasteiger partial charge in [-0.1, -0.05) is 0 Å². The van der Waals surface area contributed by atoms with Crippen molar-refractivity contribution in [3.05, 3.63) is 0 Å². The van der Waals surface area contributed by atoms with Crippen LogP contribution in [0.15, 0.2) is 0 Å². The molecule has 0 aliphatic rings. The molecule has 0 radical (unpaired) electrons. The van der Waals surface area contributed by atoms with E-state index in [1.54, 1.807) is 27.7 Å². The van der Waals surface area contributed by atoms with E-state index in [2.05, 4.69) is 0 Å². The lowest BCUT2D eigenvalue weighted by atomic mass is 9.92. The van der Waals surface area contributed by atoms with Gasteiger partial charge in [0.2, 0.25) is 0 Å². The zero-order chi connectivity index (χ0) is 25.6. The zero-order valence-corrected chi connectivity index (χ0v) is 22.8. The van der Waals surface area contributed by atoms with Crippen LogP contribution in [0.25, 0.3) is 0 Å². The van der Waals surface area contributed by atoms with Crippen molar-refractivity contribution in [2.24, 2.45) is 5.41 Å². The summed E-state index contributed by atoms with van der Waals surface area (Å²) in [6, 6.07) is 0. The van der Waals surface area contributed by atoms with Crippen molar-refractivity contribution in [1.82, 2.24) is 0 Å². The minimum atomic E-state index is -0.989. The first-order valence-corrected chi connectivity index (χ1v) is 12.2. The first-order chi connectivity index (χ1) is 15.2. The van der Waals surface area contributed by atoms with Gasteiger partial charge in [-0.05, 0) is 76.6 Å². The van der Waals surface area contributed by atoms with E-state index >= 15 is 0 Å². The molecule has 0 amide bonds. The minimum absolute atomic E-state index is 0.0234. The third kappa shape index (κ3) is 17.5. The van der Waals surface area contributed by atoms with Crippen LogP contribution in [0.2, 0.25) is 0 Å². The molecule has 0 aromatic heterocycles. The van der Waals surface area contributed by atoms with Gasteiger partial charge in [0.1, 0.15) is 31.8 Å². The molecule has 33 heavy (non-hydrogen) atoms. The largest absolute Gasteiger partial charge is 0.486 e. The van der Waals surface area contributed by atoms with Crippen molar-refractivity contribution < 1.29 is 39.4 Å². The minimum Gasteiger partial charge on any atom is -0.486 e. The highest BCUT2D eigenvalue weighted by Gasteiger charge is 2.37. The molecule has 0 aromatic carbocycles. The average Bonchev–Trinajstić information content (AvgIpc) is 2.64. The van der Waals surface area contributed by atoms with Crippen LogP contribution in [0.1, 0.15) is 53.4 Å². The van der Waals surface area contributed by atoms with E-state index in [4.69, 9.17) is 67.8 Å². The van der Waals surface area contributed by atoms with Crippen LogP contribution in [0, 0.1) is 5.41 Å². The number of hydrogen-bond acceptors (Lipinski definition) is 12. The Morgan fingerprint density at radius 3 is 0.848 bits per heavy atom. The van der Waals surface area contributed by atoms with E-state index in [0.717, 1.165) is 0 Å². The number of hydrogen-bond donors (Lipinski definition) is 4. The van der Waals surface area contributed by atoms with Gasteiger partial charge in [-0.2, -0.15) is 0 Å². The molecule has 0 fully saturated rings. The number of thiocarbonyl (C=S) groups is 4. The fraction of sp³-hybridized carbons (Fsp3) is 0.810. The maximum absolute atomic E-state index is 9.57. The Balaban J connectivity index is 5.59. The molecule has 12 heteroatoms. The Kier molecular flexibility index (Phi) is 16.6. The van der Waals surface area contributed by atoms with E-state index in [9.17, 15) is 20.4 Å². The molecular weight excluding hydrogens is 508 g/mol. The Labute approximate surface area is 217 Å². The van der Waals surface area contributed by atoms with Gasteiger partial charge in [0.05, 0.1) is 24.4 Å². The van der Waals surface area contributed by atoms with Gasteiger partial charge in [0.25, 0.3) is 0 Å². The number of aliphatic hydroxyl groups is 4. The Morgan fingerprint density at radius 2 is 0.697 bits per heavy atom. The summed E-state index contributed by atoms with van der Waals surface area (Å²) >= 11 is 20.8. The molecule has 0 heterocycles. The summed E-state index contributed by atoms with van der Waals surface area (Å²) in [6.07, 6.45) is -2.05. The molecule has 0 aromatic rings. The lowest BCUT2D eigenvalue weighted by molar-refractivity contribution is -0.0184. The van der Waals surface area contributed by atoms with Crippen molar-refractivity contribution in [1.29, 1.82) is 0 Å². The summed E-state index contributed by atoms with van der Waals surface area (Å²) in [5, 5.41) is 39.0. The highest BCUT2D eigenvalue weighted by molar-refractivity contribution is 7.80.